The highest BCUT2D eigenvalue weighted by molar-refractivity contribution is 9.10. The second-order valence-corrected chi connectivity index (χ2v) is 7.53. The van der Waals surface area contributed by atoms with Gasteiger partial charge in [-0.2, -0.15) is 18.2 Å². The number of carbonyl (C=O) groups excluding carboxylic acids is 1. The Hall–Kier alpha value is -2.92. The van der Waals surface area contributed by atoms with E-state index in [4.69, 9.17) is 20.9 Å². The van der Waals surface area contributed by atoms with Crippen molar-refractivity contribution in [1.82, 2.24) is 19.5 Å². The van der Waals surface area contributed by atoms with Crippen molar-refractivity contribution in [1.29, 1.82) is 0 Å². The molecule has 3 heterocycles. The minimum absolute atomic E-state index is 0.00954. The summed E-state index contributed by atoms with van der Waals surface area (Å²) in [5.41, 5.74) is 0.257. The summed E-state index contributed by atoms with van der Waals surface area (Å²) in [4.78, 5) is 20.3. The smallest absolute Gasteiger partial charge is 0.417 e. The summed E-state index contributed by atoms with van der Waals surface area (Å²) in [5, 5.41) is 4.06. The van der Waals surface area contributed by atoms with Crippen LogP contribution in [-0.2, 0) is 10.9 Å². The van der Waals surface area contributed by atoms with Gasteiger partial charge in [0.05, 0.1) is 27.2 Å². The normalized spacial score (nSPS) is 11.8. The van der Waals surface area contributed by atoms with Crippen LogP contribution in [0.3, 0.4) is 0 Å². The van der Waals surface area contributed by atoms with Crippen LogP contribution in [0.15, 0.2) is 45.7 Å². The fraction of sp³-hybridized carbons (Fsp3) is 0.158. The van der Waals surface area contributed by atoms with Gasteiger partial charge in [-0.05, 0) is 47.1 Å². The van der Waals surface area contributed by atoms with Crippen LogP contribution in [-0.4, -0.2) is 32.1 Å². The molecule has 0 fully saturated rings. The molecule has 160 valence electrons. The van der Waals surface area contributed by atoms with Crippen LogP contribution in [0.2, 0.25) is 5.02 Å². The van der Waals surface area contributed by atoms with Gasteiger partial charge in [-0.25, -0.2) is 9.78 Å². The van der Waals surface area contributed by atoms with Crippen LogP contribution in [0, 0.1) is 0 Å². The van der Waals surface area contributed by atoms with Crippen molar-refractivity contribution in [3.63, 3.8) is 0 Å². The van der Waals surface area contributed by atoms with Crippen LogP contribution >= 0.6 is 27.5 Å². The van der Waals surface area contributed by atoms with Gasteiger partial charge in [0.1, 0.15) is 5.69 Å². The zero-order valence-electron chi connectivity index (χ0n) is 15.6. The number of nitrogens with zero attached hydrogens (tertiary/aromatic N) is 4. The first-order chi connectivity index (χ1) is 14.7. The van der Waals surface area contributed by atoms with Crippen LogP contribution in [0.4, 0.5) is 13.2 Å². The number of alkyl halides is 3. The molecule has 0 N–H and O–H groups in total. The molecule has 4 aromatic rings. The lowest BCUT2D eigenvalue weighted by atomic mass is 10.1. The molecule has 0 bridgehead atoms. The van der Waals surface area contributed by atoms with Crippen LogP contribution < -0.4 is 0 Å². The average molecular weight is 516 g/mol. The Kier molecular flexibility index (Phi) is 5.48. The number of ether oxygens (including phenoxy) is 1. The summed E-state index contributed by atoms with van der Waals surface area (Å²) >= 11 is 9.35. The number of halogens is 5. The molecule has 0 atom stereocenters. The molecule has 0 spiro atoms. The molecule has 7 nitrogen and oxygen atoms in total. The second kappa shape index (κ2) is 7.97. The third-order valence-corrected chi connectivity index (χ3v) is 5.10. The number of hydrogen-bond acceptors (Lipinski definition) is 6. The molecule has 12 heteroatoms. The zero-order chi connectivity index (χ0) is 22.3. The molecular formula is C19H11BrClF3N4O3. The monoisotopic (exact) mass is 514 g/mol. The minimum atomic E-state index is -4.51. The molecule has 0 aliphatic carbocycles. The second-order valence-electron chi connectivity index (χ2n) is 6.27. The highest BCUT2D eigenvalue weighted by Crippen LogP contribution is 2.34. The zero-order valence-corrected chi connectivity index (χ0v) is 17.9. The molecule has 0 radical (unpaired) electrons. The maximum absolute atomic E-state index is 13.0. The number of fused-ring (bicyclic) bond motifs is 1. The van der Waals surface area contributed by atoms with E-state index in [1.54, 1.807) is 13.0 Å². The molecule has 3 aromatic heterocycles. The Morgan fingerprint density at radius 3 is 2.71 bits per heavy atom. The first kappa shape index (κ1) is 21.3. The van der Waals surface area contributed by atoms with E-state index in [9.17, 15) is 18.0 Å². The van der Waals surface area contributed by atoms with Gasteiger partial charge < -0.3 is 13.7 Å². The molecule has 0 saturated carbocycles. The topological polar surface area (TPSA) is 82.5 Å². The van der Waals surface area contributed by atoms with Crippen molar-refractivity contribution in [3.05, 3.63) is 57.3 Å². The fourth-order valence-electron chi connectivity index (χ4n) is 2.79. The standard InChI is InChI=1S/C19H11BrClF3N4O3/c1-2-30-18(29)9-3-4-11(13(21)5-9)15-26-17(31-27-15)14-8-28-7-10(19(22,23)24)6-12(20)16(28)25-14/h3-8H,2H2,1H3. The van der Waals surface area contributed by atoms with Gasteiger partial charge in [-0.1, -0.05) is 16.8 Å². The lowest BCUT2D eigenvalue weighted by molar-refractivity contribution is -0.137. The van der Waals surface area contributed by atoms with E-state index in [1.807, 2.05) is 0 Å². The highest BCUT2D eigenvalue weighted by Gasteiger charge is 2.32. The summed E-state index contributed by atoms with van der Waals surface area (Å²) < 4.78 is 50.6. The summed E-state index contributed by atoms with van der Waals surface area (Å²) in [7, 11) is 0. The number of pyridine rings is 1. The predicted molar refractivity (Wildman–Crippen MR) is 108 cm³/mol. The Morgan fingerprint density at radius 1 is 1.26 bits per heavy atom. The number of benzene rings is 1. The third kappa shape index (κ3) is 4.15. The van der Waals surface area contributed by atoms with Gasteiger partial charge in [0.25, 0.3) is 5.89 Å². The molecule has 0 aliphatic heterocycles. The summed E-state index contributed by atoms with van der Waals surface area (Å²) in [6.07, 6.45) is -2.25. The van der Waals surface area contributed by atoms with E-state index >= 15 is 0 Å². The average Bonchev–Trinajstić information content (AvgIpc) is 3.34. The molecular weight excluding hydrogens is 505 g/mol. The number of hydrogen-bond donors (Lipinski definition) is 0. The van der Waals surface area contributed by atoms with E-state index in [2.05, 4.69) is 31.1 Å². The molecule has 0 aliphatic rings. The van der Waals surface area contributed by atoms with Crippen molar-refractivity contribution in [2.45, 2.75) is 13.1 Å². The maximum atomic E-state index is 13.0. The minimum Gasteiger partial charge on any atom is -0.462 e. The Morgan fingerprint density at radius 2 is 2.03 bits per heavy atom. The van der Waals surface area contributed by atoms with Gasteiger partial charge in [0.2, 0.25) is 5.82 Å². The molecule has 0 saturated heterocycles. The van der Waals surface area contributed by atoms with E-state index in [-0.39, 0.29) is 44.7 Å². The third-order valence-electron chi connectivity index (χ3n) is 4.20. The maximum Gasteiger partial charge on any atom is 0.417 e. The van der Waals surface area contributed by atoms with Gasteiger partial charge in [-0.15, -0.1) is 0 Å². The quantitative estimate of drug-likeness (QED) is 0.326. The lowest BCUT2D eigenvalue weighted by Crippen LogP contribution is -2.06. The summed E-state index contributed by atoms with van der Waals surface area (Å²) in [5.74, 6) is -0.398. The van der Waals surface area contributed by atoms with Gasteiger partial charge in [0, 0.05) is 18.0 Å². The lowest BCUT2D eigenvalue weighted by Gasteiger charge is -2.07. The number of carbonyl (C=O) groups is 1. The van der Waals surface area contributed by atoms with Crippen LogP contribution in [0.1, 0.15) is 22.8 Å². The Labute approximate surface area is 185 Å². The Balaban J connectivity index is 1.68. The van der Waals surface area contributed by atoms with Gasteiger partial charge in [0.15, 0.2) is 5.65 Å². The summed E-state index contributed by atoms with van der Waals surface area (Å²) in [6.45, 7) is 1.92. The number of esters is 1. The van der Waals surface area contributed by atoms with Crippen molar-refractivity contribution < 1.29 is 27.2 Å². The Bertz CT molecular complexity index is 1300. The predicted octanol–water partition coefficient (Wildman–Crippen LogP) is 5.66. The molecule has 0 amide bonds. The first-order valence-corrected chi connectivity index (χ1v) is 9.91. The van der Waals surface area contributed by atoms with Crippen molar-refractivity contribution in [2.75, 3.05) is 6.61 Å². The van der Waals surface area contributed by atoms with Crippen molar-refractivity contribution >= 4 is 39.1 Å². The summed E-state index contributed by atoms with van der Waals surface area (Å²) in [6, 6.07) is 5.41. The van der Waals surface area contributed by atoms with Crippen LogP contribution in [0.25, 0.3) is 28.6 Å². The molecule has 1 aromatic carbocycles. The van der Waals surface area contributed by atoms with Gasteiger partial charge >= 0.3 is 12.1 Å². The van der Waals surface area contributed by atoms with E-state index < -0.39 is 17.7 Å². The fourth-order valence-corrected chi connectivity index (χ4v) is 3.59. The van der Waals surface area contributed by atoms with Crippen LogP contribution in [0.5, 0.6) is 0 Å². The molecule has 4 rings (SSSR count). The van der Waals surface area contributed by atoms with Gasteiger partial charge in [-0.3, -0.25) is 0 Å². The number of rotatable bonds is 4. The first-order valence-electron chi connectivity index (χ1n) is 8.74. The SMILES string of the molecule is CCOC(=O)c1ccc(-c2noc(-c3cn4cc(C(F)(F)F)cc(Br)c4n3)n2)c(Cl)c1. The van der Waals surface area contributed by atoms with E-state index in [0.717, 1.165) is 12.3 Å². The van der Waals surface area contributed by atoms with Crippen molar-refractivity contribution in [3.8, 4) is 23.0 Å². The number of imidazole rings is 1. The number of aromatic nitrogens is 4. The largest absolute Gasteiger partial charge is 0.462 e. The molecule has 0 unspecified atom stereocenters. The van der Waals surface area contributed by atoms with E-state index in [1.165, 1.54) is 22.7 Å². The molecule has 31 heavy (non-hydrogen) atoms. The van der Waals surface area contributed by atoms with Crippen molar-refractivity contribution in [2.24, 2.45) is 0 Å². The van der Waals surface area contributed by atoms with E-state index in [0.29, 0.717) is 5.56 Å². The highest BCUT2D eigenvalue weighted by atomic mass is 79.9.